The number of carbonyl (C=O) groups excluding carboxylic acids is 1. The lowest BCUT2D eigenvalue weighted by Crippen LogP contribution is -2.17. The van der Waals surface area contributed by atoms with Gasteiger partial charge in [-0.25, -0.2) is 0 Å². The van der Waals surface area contributed by atoms with E-state index in [1.165, 1.54) is 12.3 Å². The van der Waals surface area contributed by atoms with Gasteiger partial charge in [0.15, 0.2) is 0 Å². The minimum atomic E-state index is -0.0887. The molecule has 0 aliphatic carbocycles. The van der Waals surface area contributed by atoms with E-state index in [0.29, 0.717) is 18.8 Å². The van der Waals surface area contributed by atoms with Crippen LogP contribution >= 0.6 is 0 Å². The van der Waals surface area contributed by atoms with Crippen molar-refractivity contribution in [1.29, 1.82) is 0 Å². The molecular weight excluding hydrogens is 302 g/mol. The fourth-order valence-electron chi connectivity index (χ4n) is 1.98. The molecular formula is C20H33NO3. The highest BCUT2D eigenvalue weighted by Crippen LogP contribution is 2.10. The van der Waals surface area contributed by atoms with E-state index in [1.54, 1.807) is 6.08 Å². The molecule has 0 aliphatic heterocycles. The van der Waals surface area contributed by atoms with Crippen molar-refractivity contribution in [2.24, 2.45) is 5.92 Å². The first kappa shape index (κ1) is 22.0. The highest BCUT2D eigenvalue weighted by molar-refractivity contribution is 5.76. The molecule has 0 fully saturated rings. The third-order valence-corrected chi connectivity index (χ3v) is 3.71. The van der Waals surface area contributed by atoms with Crippen LogP contribution in [-0.2, 0) is 4.79 Å². The predicted molar refractivity (Wildman–Crippen MR) is 101 cm³/mol. The van der Waals surface area contributed by atoms with Crippen molar-refractivity contribution in [2.45, 2.75) is 65.2 Å². The molecule has 136 valence electrons. The molecule has 4 nitrogen and oxygen atoms in total. The van der Waals surface area contributed by atoms with Gasteiger partial charge in [0.2, 0.25) is 5.91 Å². The van der Waals surface area contributed by atoms with Crippen molar-refractivity contribution in [3.05, 3.63) is 48.6 Å². The summed E-state index contributed by atoms with van der Waals surface area (Å²) < 4.78 is 0. The van der Waals surface area contributed by atoms with Crippen molar-refractivity contribution in [2.75, 3.05) is 0 Å². The topological polar surface area (TPSA) is 69.6 Å². The molecule has 0 heterocycles. The molecule has 0 aromatic rings. The summed E-state index contributed by atoms with van der Waals surface area (Å²) in [5, 5.41) is 21.2. The standard InChI is InChI=1S/C20H33NO3/c1-16(2)17(3)13-14-19(23)15-21-20(24)12-10-8-6-5-7-9-11-18(4)22/h13-16,22-23H,3-12H2,1-2H3,(H,21,24)/b14-13-,19-15-. The monoisotopic (exact) mass is 335 g/mol. The second-order valence-corrected chi connectivity index (χ2v) is 6.39. The molecule has 3 N–H and O–H groups in total. The van der Waals surface area contributed by atoms with Crippen molar-refractivity contribution in [3.8, 4) is 0 Å². The van der Waals surface area contributed by atoms with E-state index in [4.69, 9.17) is 5.11 Å². The van der Waals surface area contributed by atoms with E-state index in [1.807, 2.05) is 13.8 Å². The number of rotatable bonds is 13. The van der Waals surface area contributed by atoms with Crippen molar-refractivity contribution in [1.82, 2.24) is 5.32 Å². The Morgan fingerprint density at radius 1 is 0.958 bits per heavy atom. The molecule has 0 saturated heterocycles. The second kappa shape index (κ2) is 13.5. The summed E-state index contributed by atoms with van der Waals surface area (Å²) >= 11 is 0. The molecule has 0 atom stereocenters. The van der Waals surface area contributed by atoms with E-state index < -0.39 is 0 Å². The zero-order valence-corrected chi connectivity index (χ0v) is 15.2. The summed E-state index contributed by atoms with van der Waals surface area (Å²) in [6.07, 6.45) is 11.8. The Kier molecular flexibility index (Phi) is 12.4. The molecule has 0 rings (SSSR count). The number of unbranched alkanes of at least 4 members (excludes halogenated alkanes) is 5. The molecule has 0 radical (unpaired) electrons. The van der Waals surface area contributed by atoms with E-state index in [0.717, 1.165) is 44.1 Å². The Bertz CT molecular complexity index is 462. The summed E-state index contributed by atoms with van der Waals surface area (Å²) in [5.41, 5.74) is 0.921. The third kappa shape index (κ3) is 13.7. The van der Waals surface area contributed by atoms with Gasteiger partial charge in [-0.05, 0) is 24.8 Å². The normalized spacial score (nSPS) is 11.9. The molecule has 4 heteroatoms. The first-order valence-corrected chi connectivity index (χ1v) is 8.75. The summed E-state index contributed by atoms with van der Waals surface area (Å²) in [7, 11) is 0. The van der Waals surface area contributed by atoms with Crippen LogP contribution in [0.15, 0.2) is 48.6 Å². The lowest BCUT2D eigenvalue weighted by atomic mass is 10.1. The van der Waals surface area contributed by atoms with E-state index in [-0.39, 0.29) is 17.4 Å². The maximum Gasteiger partial charge on any atom is 0.224 e. The number of aliphatic hydroxyl groups excluding tert-OH is 2. The van der Waals surface area contributed by atoms with Crippen LogP contribution in [0.4, 0.5) is 0 Å². The van der Waals surface area contributed by atoms with Gasteiger partial charge in [-0.1, -0.05) is 64.3 Å². The van der Waals surface area contributed by atoms with Gasteiger partial charge in [0.1, 0.15) is 5.76 Å². The van der Waals surface area contributed by atoms with Crippen LogP contribution < -0.4 is 5.32 Å². The zero-order chi connectivity index (χ0) is 18.4. The minimum absolute atomic E-state index is 0.00983. The average molecular weight is 335 g/mol. The maximum absolute atomic E-state index is 11.7. The molecule has 0 aromatic carbocycles. The first-order valence-electron chi connectivity index (χ1n) is 8.75. The van der Waals surface area contributed by atoms with Gasteiger partial charge in [0, 0.05) is 19.0 Å². The van der Waals surface area contributed by atoms with Crippen LogP contribution in [-0.4, -0.2) is 16.1 Å². The van der Waals surface area contributed by atoms with E-state index in [2.05, 4.69) is 18.5 Å². The number of amides is 1. The van der Waals surface area contributed by atoms with E-state index >= 15 is 0 Å². The van der Waals surface area contributed by atoms with Crippen LogP contribution in [0.1, 0.15) is 65.2 Å². The van der Waals surface area contributed by atoms with Crippen LogP contribution in [0.2, 0.25) is 0 Å². The first-order chi connectivity index (χ1) is 11.3. The number of carbonyl (C=O) groups is 1. The second-order valence-electron chi connectivity index (χ2n) is 6.39. The number of hydrogen-bond acceptors (Lipinski definition) is 3. The molecule has 1 amide bonds. The predicted octanol–water partition coefficient (Wildman–Crippen LogP) is 5.46. The van der Waals surface area contributed by atoms with Crippen molar-refractivity contribution >= 4 is 5.91 Å². The molecule has 0 aromatic heterocycles. The Hall–Kier alpha value is -1.97. The molecule has 0 spiro atoms. The molecule has 0 aliphatic rings. The number of hydrogen-bond donors (Lipinski definition) is 3. The maximum atomic E-state index is 11.7. The van der Waals surface area contributed by atoms with Gasteiger partial charge >= 0.3 is 0 Å². The van der Waals surface area contributed by atoms with Gasteiger partial charge in [0.25, 0.3) is 0 Å². The Labute approximate surface area is 146 Å². The number of nitrogens with one attached hydrogen (secondary N) is 1. The van der Waals surface area contributed by atoms with Gasteiger partial charge in [0.05, 0.1) is 5.76 Å². The fraction of sp³-hybridized carbons (Fsp3) is 0.550. The highest BCUT2D eigenvalue weighted by atomic mass is 16.3. The largest absolute Gasteiger partial charge is 0.513 e. The van der Waals surface area contributed by atoms with Crippen LogP contribution in [0.25, 0.3) is 0 Å². The average Bonchev–Trinajstić information content (AvgIpc) is 2.52. The van der Waals surface area contributed by atoms with Crippen molar-refractivity contribution in [3.63, 3.8) is 0 Å². The molecule has 24 heavy (non-hydrogen) atoms. The van der Waals surface area contributed by atoms with Crippen LogP contribution in [0.5, 0.6) is 0 Å². The Morgan fingerprint density at radius 2 is 1.50 bits per heavy atom. The van der Waals surface area contributed by atoms with Gasteiger partial charge in [-0.2, -0.15) is 0 Å². The Balaban J connectivity index is 3.73. The van der Waals surface area contributed by atoms with Crippen LogP contribution in [0.3, 0.4) is 0 Å². The molecule has 0 unspecified atom stereocenters. The quantitative estimate of drug-likeness (QED) is 0.238. The van der Waals surface area contributed by atoms with Gasteiger partial charge < -0.3 is 15.5 Å². The van der Waals surface area contributed by atoms with E-state index in [9.17, 15) is 9.90 Å². The zero-order valence-electron chi connectivity index (χ0n) is 15.2. The molecule has 0 bridgehead atoms. The summed E-state index contributed by atoms with van der Waals surface area (Å²) in [4.78, 5) is 11.7. The van der Waals surface area contributed by atoms with Crippen LogP contribution in [0, 0.1) is 5.92 Å². The summed E-state index contributed by atoms with van der Waals surface area (Å²) in [5.74, 6) is 0.502. The lowest BCUT2D eigenvalue weighted by molar-refractivity contribution is -0.120. The molecule has 0 saturated carbocycles. The summed E-state index contributed by atoms with van der Waals surface area (Å²) in [6.45, 7) is 11.4. The fourth-order valence-corrected chi connectivity index (χ4v) is 1.98. The van der Waals surface area contributed by atoms with Gasteiger partial charge in [-0.15, -0.1) is 0 Å². The number of allylic oxidation sites excluding steroid dienone is 4. The Morgan fingerprint density at radius 3 is 2.04 bits per heavy atom. The number of aliphatic hydroxyl groups is 2. The highest BCUT2D eigenvalue weighted by Gasteiger charge is 2.00. The van der Waals surface area contributed by atoms with Crippen molar-refractivity contribution < 1.29 is 15.0 Å². The van der Waals surface area contributed by atoms with Gasteiger partial charge in [-0.3, -0.25) is 4.79 Å². The summed E-state index contributed by atoms with van der Waals surface area (Å²) in [6, 6.07) is 0. The SMILES string of the molecule is C=C(O)CCCCCCCCC(=O)N/C=C(O)/C=C\C(=C)C(C)C. The smallest absolute Gasteiger partial charge is 0.224 e. The third-order valence-electron chi connectivity index (χ3n) is 3.71. The minimum Gasteiger partial charge on any atom is -0.513 e. The lowest BCUT2D eigenvalue weighted by Gasteiger charge is -2.03.